The van der Waals surface area contributed by atoms with Crippen molar-refractivity contribution in [2.45, 2.75) is 6.42 Å². The van der Waals surface area contributed by atoms with Gasteiger partial charge in [0.25, 0.3) is 0 Å². The first-order valence-electron chi connectivity index (χ1n) is 2.51. The maximum atomic E-state index is 3.91. The minimum atomic E-state index is 0.310. The van der Waals surface area contributed by atoms with Crippen molar-refractivity contribution in [2.75, 3.05) is 19.3 Å². The van der Waals surface area contributed by atoms with Crippen LogP contribution in [0.5, 0.6) is 0 Å². The van der Waals surface area contributed by atoms with Crippen LogP contribution in [0.1, 0.15) is 6.42 Å². The lowest BCUT2D eigenvalue weighted by Gasteiger charge is -2.30. The third kappa shape index (κ3) is 1.04. The predicted octanol–water partition coefficient (Wildman–Crippen LogP) is 0.938. The van der Waals surface area contributed by atoms with Crippen molar-refractivity contribution in [2.24, 2.45) is 0 Å². The average Bonchev–Trinajstić information content (AvgIpc) is 1.23. The van der Waals surface area contributed by atoms with Gasteiger partial charge in [-0.15, -0.1) is 10.7 Å². The summed E-state index contributed by atoms with van der Waals surface area (Å²) in [5.41, 5.74) is 0. The van der Waals surface area contributed by atoms with Crippen LogP contribution in [0.3, 0.4) is 0 Å². The Hall–Kier alpha value is 0.180. The van der Waals surface area contributed by atoms with E-state index in [1.54, 1.807) is 0 Å². The van der Waals surface area contributed by atoms with Gasteiger partial charge in [-0.25, -0.2) is 0 Å². The molecule has 0 aromatic carbocycles. The zero-order valence-corrected chi connectivity index (χ0v) is 5.50. The third-order valence-corrected chi connectivity index (χ3v) is 2.50. The van der Waals surface area contributed by atoms with E-state index >= 15 is 0 Å². The summed E-state index contributed by atoms with van der Waals surface area (Å²) in [6, 6.07) is 0. The first kappa shape index (κ1) is 5.32. The molecule has 1 aliphatic heterocycles. The van der Waals surface area contributed by atoms with E-state index < -0.39 is 0 Å². The Balaban J connectivity index is 2.27. The fourth-order valence-electron chi connectivity index (χ4n) is 0.599. The van der Waals surface area contributed by atoms with Crippen molar-refractivity contribution >= 4 is 16.5 Å². The van der Waals surface area contributed by atoms with Gasteiger partial charge in [0.15, 0.2) is 0 Å². The highest BCUT2D eigenvalue weighted by molar-refractivity contribution is 8.11. The van der Waals surface area contributed by atoms with Crippen LogP contribution in [0.2, 0.25) is 0 Å². The largest absolute Gasteiger partial charge is 0.257 e. The summed E-state index contributed by atoms with van der Waals surface area (Å²) >= 11 is 0. The van der Waals surface area contributed by atoms with Crippen LogP contribution in [0, 0.1) is 0 Å². The molecule has 0 spiro atoms. The summed E-state index contributed by atoms with van der Waals surface area (Å²) in [7, 11) is 0.310. The van der Waals surface area contributed by atoms with Crippen LogP contribution in [0.15, 0.2) is 0 Å². The average molecular weight is 117 g/mol. The second-order valence-electron chi connectivity index (χ2n) is 1.88. The third-order valence-electron chi connectivity index (χ3n) is 1.26. The van der Waals surface area contributed by atoms with Crippen molar-refractivity contribution < 1.29 is 0 Å². The molecule has 2 heteroatoms. The summed E-state index contributed by atoms with van der Waals surface area (Å²) in [6.07, 6.45) is 3.55. The van der Waals surface area contributed by atoms with E-state index in [9.17, 15) is 0 Å². The Kier molecular flexibility index (Phi) is 1.50. The number of hydrogen-bond donors (Lipinski definition) is 0. The quantitative estimate of drug-likeness (QED) is 0.462. The first-order valence-corrected chi connectivity index (χ1v) is 4.27. The van der Waals surface area contributed by atoms with E-state index in [0.717, 1.165) is 0 Å². The van der Waals surface area contributed by atoms with Crippen molar-refractivity contribution in [1.29, 1.82) is 0 Å². The van der Waals surface area contributed by atoms with Crippen molar-refractivity contribution in [3.8, 4) is 0 Å². The normalized spacial score (nSPS) is 26.4. The molecular formula is C5H11NS. The van der Waals surface area contributed by atoms with Crippen LogP contribution < -0.4 is 0 Å². The molecule has 0 N–H and O–H groups in total. The molecule has 0 bridgehead atoms. The molecule has 0 aliphatic carbocycles. The molecule has 1 aliphatic rings. The Morgan fingerprint density at radius 1 is 1.57 bits per heavy atom. The topological polar surface area (TPSA) is 3.24 Å². The standard InChI is InChI=1S/C5H11NS/c1-7(2)6-4-3-5-6/h1,3-5H2,2H3. The molecule has 7 heavy (non-hydrogen) atoms. The molecule has 1 atom stereocenters. The molecule has 0 radical (unpaired) electrons. The Morgan fingerprint density at radius 3 is 2.14 bits per heavy atom. The maximum absolute atomic E-state index is 3.91. The van der Waals surface area contributed by atoms with Crippen molar-refractivity contribution in [3.05, 3.63) is 0 Å². The van der Waals surface area contributed by atoms with E-state index in [0.29, 0.717) is 10.7 Å². The molecule has 0 saturated carbocycles. The van der Waals surface area contributed by atoms with Gasteiger partial charge < -0.3 is 0 Å². The number of hydrogen-bond acceptors (Lipinski definition) is 1. The lowest BCUT2D eigenvalue weighted by atomic mass is 10.3. The fourth-order valence-corrected chi connectivity index (χ4v) is 1.48. The Labute approximate surface area is 47.4 Å². The molecule has 1 saturated heterocycles. The molecule has 0 aromatic rings. The summed E-state index contributed by atoms with van der Waals surface area (Å²) in [5, 5.41) is 0. The van der Waals surface area contributed by atoms with Crippen LogP contribution in [0.25, 0.3) is 0 Å². The van der Waals surface area contributed by atoms with Gasteiger partial charge in [-0.3, -0.25) is 4.31 Å². The zero-order chi connectivity index (χ0) is 5.28. The monoisotopic (exact) mass is 117 g/mol. The van der Waals surface area contributed by atoms with Gasteiger partial charge in [-0.1, -0.05) is 5.87 Å². The highest BCUT2D eigenvalue weighted by Crippen LogP contribution is 2.19. The minimum absolute atomic E-state index is 0.310. The van der Waals surface area contributed by atoms with Gasteiger partial charge in [0.2, 0.25) is 0 Å². The van der Waals surface area contributed by atoms with E-state index in [-0.39, 0.29) is 0 Å². The van der Waals surface area contributed by atoms with E-state index in [2.05, 4.69) is 16.4 Å². The molecule has 0 amide bonds. The summed E-state index contributed by atoms with van der Waals surface area (Å²) in [4.78, 5) is 0. The minimum Gasteiger partial charge on any atom is -0.257 e. The second kappa shape index (κ2) is 1.97. The van der Waals surface area contributed by atoms with Gasteiger partial charge in [-0.2, -0.15) is 0 Å². The van der Waals surface area contributed by atoms with Crippen molar-refractivity contribution in [3.63, 3.8) is 0 Å². The zero-order valence-electron chi connectivity index (χ0n) is 4.68. The van der Waals surface area contributed by atoms with Crippen LogP contribution >= 0.6 is 10.7 Å². The summed E-state index contributed by atoms with van der Waals surface area (Å²) < 4.78 is 2.39. The smallest absolute Gasteiger partial charge is 0.00969 e. The second-order valence-corrected chi connectivity index (χ2v) is 3.60. The van der Waals surface area contributed by atoms with E-state index in [1.165, 1.54) is 19.5 Å². The SMILES string of the molecule is C=S(C)N1CCC1. The molecule has 42 valence electrons. The van der Waals surface area contributed by atoms with Crippen LogP contribution in [-0.2, 0) is 0 Å². The predicted molar refractivity (Wildman–Crippen MR) is 36.8 cm³/mol. The Morgan fingerprint density at radius 2 is 2.14 bits per heavy atom. The van der Waals surface area contributed by atoms with Gasteiger partial charge in [-0.05, 0) is 12.7 Å². The van der Waals surface area contributed by atoms with Crippen molar-refractivity contribution in [1.82, 2.24) is 4.31 Å². The lowest BCUT2D eigenvalue weighted by Crippen LogP contribution is -2.31. The van der Waals surface area contributed by atoms with Gasteiger partial charge >= 0.3 is 0 Å². The fraction of sp³-hybridized carbons (Fsp3) is 0.800. The molecule has 1 nitrogen and oxygen atoms in total. The number of rotatable bonds is 1. The van der Waals surface area contributed by atoms with Gasteiger partial charge in [0.05, 0.1) is 0 Å². The van der Waals surface area contributed by atoms with Crippen LogP contribution in [-0.4, -0.2) is 29.5 Å². The summed E-state index contributed by atoms with van der Waals surface area (Å²) in [5.74, 6) is 3.91. The molecule has 1 heterocycles. The van der Waals surface area contributed by atoms with E-state index in [1.807, 2.05) is 0 Å². The van der Waals surface area contributed by atoms with E-state index in [4.69, 9.17) is 0 Å². The lowest BCUT2D eigenvalue weighted by molar-refractivity contribution is 0.344. The highest BCUT2D eigenvalue weighted by atomic mass is 32.2. The maximum Gasteiger partial charge on any atom is 0.00969 e. The molecule has 1 rings (SSSR count). The van der Waals surface area contributed by atoms with Gasteiger partial charge in [0, 0.05) is 13.1 Å². The summed E-state index contributed by atoms with van der Waals surface area (Å²) in [6.45, 7) is 2.56. The molecule has 0 aromatic heterocycles. The highest BCUT2D eigenvalue weighted by Gasteiger charge is 2.11. The molecular weight excluding hydrogens is 106 g/mol. The molecule has 1 fully saturated rings. The first-order chi connectivity index (χ1) is 3.30. The number of nitrogens with zero attached hydrogens (tertiary/aromatic N) is 1. The van der Waals surface area contributed by atoms with Gasteiger partial charge in [0.1, 0.15) is 0 Å². The van der Waals surface area contributed by atoms with Crippen LogP contribution in [0.4, 0.5) is 0 Å². The molecule has 1 unspecified atom stereocenters. The Bertz CT molecular complexity index is 86.1.